The molecule has 0 bridgehead atoms. The van der Waals surface area contributed by atoms with E-state index >= 15 is 0 Å². The fourth-order valence-corrected chi connectivity index (χ4v) is 3.11. The third kappa shape index (κ3) is 4.36. The van der Waals surface area contributed by atoms with Gasteiger partial charge in [-0.05, 0) is 46.5 Å². The molecule has 0 spiro atoms. The Hall–Kier alpha value is -1.79. The minimum absolute atomic E-state index is 0.106. The second-order valence-electron chi connectivity index (χ2n) is 7.25. The first-order chi connectivity index (χ1) is 10.7. The van der Waals surface area contributed by atoms with Crippen LogP contribution in [0.2, 0.25) is 0 Å². The first-order valence-corrected chi connectivity index (χ1v) is 8.18. The summed E-state index contributed by atoms with van der Waals surface area (Å²) in [6, 6.07) is -0.496. The van der Waals surface area contributed by atoms with Gasteiger partial charge in [-0.3, -0.25) is 9.69 Å². The van der Waals surface area contributed by atoms with E-state index in [9.17, 15) is 19.5 Å². The molecule has 23 heavy (non-hydrogen) atoms. The summed E-state index contributed by atoms with van der Waals surface area (Å²) in [5.74, 6) is -1.64. The van der Waals surface area contributed by atoms with Crippen molar-refractivity contribution in [1.82, 2.24) is 9.80 Å². The topological polar surface area (TPSA) is 90.0 Å². The lowest BCUT2D eigenvalue weighted by atomic mass is 9.96. The molecule has 1 atom stereocenters. The molecule has 0 saturated carbocycles. The van der Waals surface area contributed by atoms with Crippen molar-refractivity contribution in [3.63, 3.8) is 0 Å². The van der Waals surface area contributed by atoms with E-state index in [-0.39, 0.29) is 5.91 Å². The maximum Gasteiger partial charge on any atom is 0.410 e. The van der Waals surface area contributed by atoms with Gasteiger partial charge in [0.15, 0.2) is 0 Å². The van der Waals surface area contributed by atoms with Gasteiger partial charge in [-0.25, -0.2) is 4.79 Å². The molecule has 0 radical (unpaired) electrons. The zero-order valence-corrected chi connectivity index (χ0v) is 14.0. The van der Waals surface area contributed by atoms with Crippen LogP contribution in [0.5, 0.6) is 0 Å². The van der Waals surface area contributed by atoms with E-state index in [4.69, 9.17) is 4.74 Å². The van der Waals surface area contributed by atoms with Crippen LogP contribution in [0.4, 0.5) is 4.79 Å². The maximum atomic E-state index is 12.7. The molecule has 2 heterocycles. The number of rotatable bonds is 2. The van der Waals surface area contributed by atoms with Gasteiger partial charge < -0.3 is 19.5 Å². The maximum absolute atomic E-state index is 12.7. The lowest BCUT2D eigenvalue weighted by Gasteiger charge is -2.36. The molecule has 0 N–H and O–H groups in total. The van der Waals surface area contributed by atoms with E-state index in [1.807, 2.05) is 0 Å². The molecule has 0 unspecified atom stereocenters. The molecule has 0 aromatic carbocycles. The van der Waals surface area contributed by atoms with E-state index in [2.05, 4.69) is 0 Å². The molecule has 2 aliphatic heterocycles. The number of carboxylic acid groups (broad SMARTS) is 1. The molecule has 0 aromatic rings. The zero-order chi connectivity index (χ0) is 17.2. The molecule has 7 heteroatoms. The van der Waals surface area contributed by atoms with Gasteiger partial charge in [0.1, 0.15) is 11.6 Å². The minimum Gasteiger partial charge on any atom is -0.550 e. The van der Waals surface area contributed by atoms with Crippen molar-refractivity contribution in [2.75, 3.05) is 19.6 Å². The lowest BCUT2D eigenvalue weighted by molar-refractivity contribution is -0.312. The summed E-state index contributed by atoms with van der Waals surface area (Å²) in [7, 11) is 0. The SMILES string of the molecule is CC(C)(C)OC(=O)N1CCC[C@H]1C(=O)N1CCC(C(=O)[O-])CC1. The summed E-state index contributed by atoms with van der Waals surface area (Å²) < 4.78 is 5.37. The van der Waals surface area contributed by atoms with Crippen LogP contribution in [0.25, 0.3) is 0 Å². The summed E-state index contributed by atoms with van der Waals surface area (Å²) in [5.41, 5.74) is -0.597. The second kappa shape index (κ2) is 6.76. The van der Waals surface area contributed by atoms with Gasteiger partial charge in [-0.2, -0.15) is 0 Å². The Labute approximate surface area is 136 Å². The van der Waals surface area contributed by atoms with Crippen molar-refractivity contribution in [3.05, 3.63) is 0 Å². The Morgan fingerprint density at radius 2 is 1.65 bits per heavy atom. The number of hydrogen-bond acceptors (Lipinski definition) is 5. The average Bonchev–Trinajstić information content (AvgIpc) is 2.94. The molecule has 2 aliphatic rings. The smallest absolute Gasteiger partial charge is 0.410 e. The monoisotopic (exact) mass is 325 g/mol. The molecular weight excluding hydrogens is 300 g/mol. The fourth-order valence-electron chi connectivity index (χ4n) is 3.11. The molecule has 2 saturated heterocycles. The number of hydrogen-bond donors (Lipinski definition) is 0. The highest BCUT2D eigenvalue weighted by molar-refractivity contribution is 5.86. The third-order valence-corrected chi connectivity index (χ3v) is 4.31. The van der Waals surface area contributed by atoms with Crippen molar-refractivity contribution in [1.29, 1.82) is 0 Å². The molecule has 7 nitrogen and oxygen atoms in total. The molecule has 0 aromatic heterocycles. The number of piperidine rings is 1. The number of carbonyl (C=O) groups is 3. The van der Waals surface area contributed by atoms with E-state index in [1.54, 1.807) is 25.7 Å². The highest BCUT2D eigenvalue weighted by Gasteiger charge is 2.39. The molecular formula is C16H25N2O5-. The van der Waals surface area contributed by atoms with Gasteiger partial charge in [0.05, 0.1) is 0 Å². The van der Waals surface area contributed by atoms with E-state index in [0.29, 0.717) is 38.9 Å². The lowest BCUT2D eigenvalue weighted by Crippen LogP contribution is -2.51. The number of aliphatic carboxylic acids is 1. The van der Waals surface area contributed by atoms with Crippen molar-refractivity contribution >= 4 is 18.0 Å². The largest absolute Gasteiger partial charge is 0.550 e. The van der Waals surface area contributed by atoms with Crippen LogP contribution in [0.3, 0.4) is 0 Å². The molecule has 130 valence electrons. The summed E-state index contributed by atoms with van der Waals surface area (Å²) in [4.78, 5) is 39.0. The third-order valence-electron chi connectivity index (χ3n) is 4.31. The number of amides is 2. The average molecular weight is 325 g/mol. The number of ether oxygens (including phenoxy) is 1. The van der Waals surface area contributed by atoms with Crippen LogP contribution < -0.4 is 5.11 Å². The first kappa shape index (κ1) is 17.6. The summed E-state index contributed by atoms with van der Waals surface area (Å²) in [5, 5.41) is 10.9. The van der Waals surface area contributed by atoms with E-state index in [1.165, 1.54) is 4.90 Å². The van der Waals surface area contributed by atoms with Gasteiger partial charge >= 0.3 is 6.09 Å². The first-order valence-electron chi connectivity index (χ1n) is 8.18. The number of nitrogens with zero attached hydrogens (tertiary/aromatic N) is 2. The highest BCUT2D eigenvalue weighted by Crippen LogP contribution is 2.25. The van der Waals surface area contributed by atoms with Crippen LogP contribution in [0, 0.1) is 5.92 Å². The number of carbonyl (C=O) groups excluding carboxylic acids is 3. The van der Waals surface area contributed by atoms with Crippen LogP contribution in [0.1, 0.15) is 46.5 Å². The molecule has 2 fully saturated rings. The van der Waals surface area contributed by atoms with Gasteiger partial charge in [-0.15, -0.1) is 0 Å². The van der Waals surface area contributed by atoms with Crippen LogP contribution in [-0.2, 0) is 14.3 Å². The second-order valence-corrected chi connectivity index (χ2v) is 7.25. The van der Waals surface area contributed by atoms with Gasteiger partial charge in [-0.1, -0.05) is 0 Å². The standard InChI is InChI=1S/C16H26N2O5/c1-16(2,3)23-15(22)18-8-4-5-12(18)13(19)17-9-6-11(7-10-17)14(20)21/h11-12H,4-10H2,1-3H3,(H,20,21)/p-1/t12-/m0/s1. The molecule has 2 amide bonds. The number of likely N-dealkylation sites (tertiary alicyclic amines) is 2. The quantitative estimate of drug-likeness (QED) is 0.732. The fraction of sp³-hybridized carbons (Fsp3) is 0.812. The summed E-state index contributed by atoms with van der Waals surface area (Å²) in [6.45, 7) is 6.70. The van der Waals surface area contributed by atoms with E-state index < -0.39 is 29.6 Å². The van der Waals surface area contributed by atoms with Crippen molar-refractivity contribution in [2.24, 2.45) is 5.92 Å². The molecule has 0 aliphatic carbocycles. The van der Waals surface area contributed by atoms with Gasteiger partial charge in [0, 0.05) is 31.5 Å². The predicted molar refractivity (Wildman–Crippen MR) is 80.3 cm³/mol. The zero-order valence-electron chi connectivity index (χ0n) is 14.0. The highest BCUT2D eigenvalue weighted by atomic mass is 16.6. The Morgan fingerprint density at radius 1 is 1.04 bits per heavy atom. The van der Waals surface area contributed by atoms with Crippen LogP contribution in [0.15, 0.2) is 0 Å². The number of carboxylic acids is 1. The molecule has 2 rings (SSSR count). The van der Waals surface area contributed by atoms with Crippen molar-refractivity contribution < 1.29 is 24.2 Å². The van der Waals surface area contributed by atoms with E-state index in [0.717, 1.165) is 6.42 Å². The van der Waals surface area contributed by atoms with Crippen molar-refractivity contribution in [3.8, 4) is 0 Å². The van der Waals surface area contributed by atoms with Gasteiger partial charge in [0.2, 0.25) is 5.91 Å². The Balaban J connectivity index is 1.96. The van der Waals surface area contributed by atoms with Crippen LogP contribution in [-0.4, -0.2) is 59.0 Å². The van der Waals surface area contributed by atoms with Crippen LogP contribution >= 0.6 is 0 Å². The van der Waals surface area contributed by atoms with Gasteiger partial charge in [0.25, 0.3) is 0 Å². The minimum atomic E-state index is -1.05. The Kier molecular flexibility index (Phi) is 5.16. The summed E-state index contributed by atoms with van der Waals surface area (Å²) in [6.07, 6.45) is 1.75. The predicted octanol–water partition coefficient (Wildman–Crippen LogP) is 0.374. The van der Waals surface area contributed by atoms with Crippen molar-refractivity contribution in [2.45, 2.75) is 58.1 Å². The Morgan fingerprint density at radius 3 is 2.17 bits per heavy atom. The summed E-state index contributed by atoms with van der Waals surface area (Å²) >= 11 is 0. The normalized spacial score (nSPS) is 23.0. The Bertz CT molecular complexity index is 477.